The predicted octanol–water partition coefficient (Wildman–Crippen LogP) is 3.01. The quantitative estimate of drug-likeness (QED) is 0.187. The van der Waals surface area contributed by atoms with Crippen molar-refractivity contribution in [2.45, 2.75) is 63.8 Å². The van der Waals surface area contributed by atoms with Gasteiger partial charge in [-0.1, -0.05) is 30.3 Å². The summed E-state index contributed by atoms with van der Waals surface area (Å²) < 4.78 is 5.41. The Balaban J connectivity index is 1.02. The fourth-order valence-corrected chi connectivity index (χ4v) is 9.33. The van der Waals surface area contributed by atoms with Gasteiger partial charge in [0, 0.05) is 12.1 Å². The Bertz CT molecular complexity index is 1250. The molecule has 4 amide bonds. The highest BCUT2D eigenvalue weighted by atomic mass is 16.5. The first-order valence-electron chi connectivity index (χ1n) is 15.3. The summed E-state index contributed by atoms with van der Waals surface area (Å²) in [7, 11) is 0. The van der Waals surface area contributed by atoms with Crippen LogP contribution in [-0.4, -0.2) is 64.4 Å². The lowest BCUT2D eigenvalue weighted by Gasteiger charge is -2.26. The Labute approximate surface area is 238 Å². The molecule has 0 N–H and O–H groups in total. The van der Waals surface area contributed by atoms with Crippen molar-refractivity contribution < 1.29 is 33.5 Å². The first-order chi connectivity index (χ1) is 19.8. The Hall–Kier alpha value is -3.36. The smallest absolute Gasteiger partial charge is 0.329 e. The van der Waals surface area contributed by atoms with Crippen molar-refractivity contribution >= 4 is 35.4 Å². The fraction of sp³-hybridized carbons (Fsp3) is 0.625. The van der Waals surface area contributed by atoms with E-state index in [1.54, 1.807) is 30.3 Å². The minimum atomic E-state index is -1.12. The average Bonchev–Trinajstić information content (AvgIpc) is 3.83. The predicted molar refractivity (Wildman–Crippen MR) is 144 cm³/mol. The van der Waals surface area contributed by atoms with E-state index in [-0.39, 0.29) is 77.9 Å². The number of ketones is 1. The van der Waals surface area contributed by atoms with Crippen molar-refractivity contribution in [3.05, 3.63) is 35.9 Å². The van der Waals surface area contributed by atoms with Gasteiger partial charge in [-0.3, -0.25) is 33.8 Å². The summed E-state index contributed by atoms with van der Waals surface area (Å²) in [5.74, 6) is -1.87. The minimum absolute atomic E-state index is 0.0595. The molecule has 41 heavy (non-hydrogen) atoms. The number of nitrogens with zero attached hydrogens (tertiary/aromatic N) is 2. The number of hydrogen-bond donors (Lipinski definition) is 0. The van der Waals surface area contributed by atoms with Crippen LogP contribution in [0, 0.1) is 47.3 Å². The molecule has 9 heteroatoms. The van der Waals surface area contributed by atoms with E-state index in [2.05, 4.69) is 0 Å². The summed E-state index contributed by atoms with van der Waals surface area (Å²) in [5, 5.41) is 0. The Morgan fingerprint density at radius 3 is 1.78 bits per heavy atom. The number of fused-ring (bicyclic) bond motifs is 10. The number of ether oxygens (including phenoxy) is 1. The maximum absolute atomic E-state index is 13.5. The van der Waals surface area contributed by atoms with Crippen molar-refractivity contribution in [2.75, 3.05) is 13.2 Å². The second-order valence-electron chi connectivity index (χ2n) is 13.1. The van der Waals surface area contributed by atoms with Crippen LogP contribution < -0.4 is 0 Å². The van der Waals surface area contributed by atoms with Crippen LogP contribution in [0.3, 0.4) is 0 Å². The van der Waals surface area contributed by atoms with Gasteiger partial charge in [-0.25, -0.2) is 4.79 Å². The molecule has 0 aromatic heterocycles. The molecule has 2 saturated heterocycles. The number of esters is 1. The van der Waals surface area contributed by atoms with Crippen molar-refractivity contribution in [3.8, 4) is 0 Å². The third kappa shape index (κ3) is 4.17. The SMILES string of the molecule is O=C(COC(=O)[C@@H](CCCCN1C(=O)[C@H]2[C@@H]3CC[C@@H](C3)[C@@H]2C1=O)N1C(=O)[C@@H]2[C@@H]3CC[C@@H](C3)[C@@H]2C1=O)c1ccccc1. The van der Waals surface area contributed by atoms with Crippen molar-refractivity contribution in [2.24, 2.45) is 47.3 Å². The Morgan fingerprint density at radius 1 is 0.732 bits per heavy atom. The fourth-order valence-electron chi connectivity index (χ4n) is 9.33. The van der Waals surface area contributed by atoms with Gasteiger partial charge in [-0.05, 0) is 81.5 Å². The van der Waals surface area contributed by atoms with Crippen molar-refractivity contribution in [3.63, 3.8) is 0 Å². The summed E-state index contributed by atoms with van der Waals surface area (Å²) in [6, 6.07) is 7.38. The molecule has 2 aliphatic heterocycles. The number of likely N-dealkylation sites (tertiary alicyclic amines) is 2. The zero-order chi connectivity index (χ0) is 28.4. The second kappa shape index (κ2) is 10.2. The summed E-state index contributed by atoms with van der Waals surface area (Å²) >= 11 is 0. The summed E-state index contributed by atoms with van der Waals surface area (Å²) in [5.41, 5.74) is 0.412. The van der Waals surface area contributed by atoms with E-state index in [0.717, 1.165) is 43.4 Å². The molecule has 216 valence electrons. The molecule has 6 aliphatic rings. The Kier molecular flexibility index (Phi) is 6.58. The molecular weight excluding hydrogens is 524 g/mol. The van der Waals surface area contributed by atoms with E-state index < -0.39 is 18.6 Å². The molecule has 2 heterocycles. The monoisotopic (exact) mass is 560 g/mol. The van der Waals surface area contributed by atoms with Crippen LogP contribution in [-0.2, 0) is 28.7 Å². The number of unbranched alkanes of at least 4 members (excludes halogenated alkanes) is 1. The molecule has 7 rings (SSSR count). The highest BCUT2D eigenvalue weighted by Gasteiger charge is 2.63. The van der Waals surface area contributed by atoms with Gasteiger partial charge in [-0.2, -0.15) is 0 Å². The molecule has 0 unspecified atom stereocenters. The number of benzene rings is 1. The summed E-state index contributed by atoms with van der Waals surface area (Å²) in [6.07, 6.45) is 6.84. The number of Topliss-reactive ketones (excluding diaryl/α,β-unsaturated/α-hetero) is 1. The molecule has 9 nitrogen and oxygen atoms in total. The molecule has 4 aliphatic carbocycles. The van der Waals surface area contributed by atoms with Crippen LogP contribution in [0.1, 0.15) is 68.1 Å². The molecule has 4 bridgehead atoms. The van der Waals surface area contributed by atoms with E-state index in [9.17, 15) is 28.8 Å². The highest BCUT2D eigenvalue weighted by Crippen LogP contribution is 2.57. The van der Waals surface area contributed by atoms with E-state index in [1.165, 1.54) is 4.90 Å². The first kappa shape index (κ1) is 26.5. The molecule has 0 spiro atoms. The van der Waals surface area contributed by atoms with Gasteiger partial charge in [0.25, 0.3) is 0 Å². The molecule has 4 saturated carbocycles. The number of amides is 4. The average molecular weight is 561 g/mol. The lowest BCUT2D eigenvalue weighted by molar-refractivity contribution is -0.159. The number of rotatable bonds is 10. The van der Waals surface area contributed by atoms with Crippen LogP contribution in [0.4, 0.5) is 0 Å². The number of imide groups is 2. The van der Waals surface area contributed by atoms with Gasteiger partial charge in [-0.15, -0.1) is 0 Å². The zero-order valence-electron chi connectivity index (χ0n) is 23.1. The van der Waals surface area contributed by atoms with Gasteiger partial charge >= 0.3 is 5.97 Å². The van der Waals surface area contributed by atoms with Gasteiger partial charge in [0.05, 0.1) is 23.7 Å². The molecule has 0 radical (unpaired) electrons. The van der Waals surface area contributed by atoms with E-state index in [1.807, 2.05) is 0 Å². The van der Waals surface area contributed by atoms with Gasteiger partial charge < -0.3 is 4.74 Å². The number of carbonyl (C=O) groups is 6. The van der Waals surface area contributed by atoms with E-state index >= 15 is 0 Å². The Morgan fingerprint density at radius 2 is 1.24 bits per heavy atom. The maximum atomic E-state index is 13.5. The summed E-state index contributed by atoms with van der Waals surface area (Å²) in [6.45, 7) is -0.203. The van der Waals surface area contributed by atoms with Crippen LogP contribution >= 0.6 is 0 Å². The van der Waals surface area contributed by atoms with Crippen LogP contribution in [0.15, 0.2) is 30.3 Å². The largest absolute Gasteiger partial charge is 0.456 e. The van der Waals surface area contributed by atoms with Gasteiger partial charge in [0.15, 0.2) is 12.4 Å². The first-order valence-corrected chi connectivity index (χ1v) is 15.3. The number of hydrogen-bond acceptors (Lipinski definition) is 7. The van der Waals surface area contributed by atoms with Crippen molar-refractivity contribution in [1.29, 1.82) is 0 Å². The van der Waals surface area contributed by atoms with Crippen molar-refractivity contribution in [1.82, 2.24) is 9.80 Å². The van der Waals surface area contributed by atoms with E-state index in [0.29, 0.717) is 30.2 Å². The molecule has 9 atom stereocenters. The normalized spacial score (nSPS) is 35.4. The number of carbonyl (C=O) groups excluding carboxylic acids is 6. The van der Waals surface area contributed by atoms with Gasteiger partial charge in [0.1, 0.15) is 6.04 Å². The minimum Gasteiger partial charge on any atom is -0.456 e. The lowest BCUT2D eigenvalue weighted by Crippen LogP contribution is -2.47. The van der Waals surface area contributed by atoms with Crippen LogP contribution in [0.2, 0.25) is 0 Å². The second-order valence-corrected chi connectivity index (χ2v) is 13.1. The standard InChI is InChI=1S/C32H36N2O7/c35-23(17-6-2-1-3-7-17)16-41-32(40)22(34-30(38)26-20-11-12-21(15-20)27(26)31(34)39)8-4-5-13-33-28(36)24-18-9-10-19(14-18)25(24)29(33)37/h1-3,6-7,18-22,24-27H,4-5,8-16H2/t18-,19+,20-,21+,22-,24+,25+,26-,27+/m1/s1. The van der Waals surface area contributed by atoms with Crippen LogP contribution in [0.25, 0.3) is 0 Å². The van der Waals surface area contributed by atoms with E-state index in [4.69, 9.17) is 4.74 Å². The maximum Gasteiger partial charge on any atom is 0.329 e. The van der Waals surface area contributed by atoms with Gasteiger partial charge in [0.2, 0.25) is 23.6 Å². The topological polar surface area (TPSA) is 118 Å². The molecule has 1 aromatic rings. The molecular formula is C32H36N2O7. The zero-order valence-corrected chi connectivity index (χ0v) is 23.1. The third-order valence-electron chi connectivity index (χ3n) is 11.1. The summed E-state index contributed by atoms with van der Waals surface area (Å²) in [4.78, 5) is 81.7. The van der Waals surface area contributed by atoms with Crippen LogP contribution in [0.5, 0.6) is 0 Å². The highest BCUT2D eigenvalue weighted by molar-refractivity contribution is 6.09. The third-order valence-corrected chi connectivity index (χ3v) is 11.1. The molecule has 6 fully saturated rings. The lowest BCUT2D eigenvalue weighted by atomic mass is 9.81. The molecule has 1 aromatic carbocycles.